The van der Waals surface area contributed by atoms with Crippen LogP contribution in [0.5, 0.6) is 0 Å². The molecule has 72 valence electrons. The minimum Gasteiger partial charge on any atom is -0.317 e. The molecule has 0 atom stereocenters. The summed E-state index contributed by atoms with van der Waals surface area (Å²) >= 11 is 0. The molecule has 0 saturated heterocycles. The summed E-state index contributed by atoms with van der Waals surface area (Å²) in [7, 11) is 1.78. The summed E-state index contributed by atoms with van der Waals surface area (Å²) in [5.74, 6) is 0.140. The molecule has 1 rings (SSSR count). The van der Waals surface area contributed by atoms with Crippen molar-refractivity contribution in [2.75, 3.05) is 13.1 Å². The third-order valence-corrected chi connectivity index (χ3v) is 1.89. The van der Waals surface area contributed by atoms with Crippen LogP contribution in [0.3, 0.4) is 0 Å². The largest absolute Gasteiger partial charge is 0.317 e. The lowest BCUT2D eigenvalue weighted by atomic mass is 10.2. The zero-order chi connectivity index (χ0) is 9.68. The Morgan fingerprint density at radius 1 is 1.69 bits per heavy atom. The summed E-state index contributed by atoms with van der Waals surface area (Å²) in [5.41, 5.74) is 0.679. The lowest BCUT2D eigenvalue weighted by Crippen LogP contribution is -2.18. The van der Waals surface area contributed by atoms with E-state index >= 15 is 0 Å². The van der Waals surface area contributed by atoms with Crippen molar-refractivity contribution in [3.63, 3.8) is 0 Å². The highest BCUT2D eigenvalue weighted by atomic mass is 16.1. The van der Waals surface area contributed by atoms with Crippen LogP contribution in [0.4, 0.5) is 0 Å². The Morgan fingerprint density at radius 2 is 2.46 bits per heavy atom. The summed E-state index contributed by atoms with van der Waals surface area (Å²) < 4.78 is 1.61. The van der Waals surface area contributed by atoms with E-state index in [0.717, 1.165) is 13.1 Å². The number of aryl methyl sites for hydroxylation is 1. The maximum absolute atomic E-state index is 11.5. The number of nitrogens with one attached hydrogen (secondary N) is 1. The summed E-state index contributed by atoms with van der Waals surface area (Å²) in [6.45, 7) is 3.66. The number of hydrogen-bond acceptors (Lipinski definition) is 3. The molecule has 0 amide bonds. The predicted molar refractivity (Wildman–Crippen MR) is 50.7 cm³/mol. The molecule has 0 unspecified atom stereocenters. The van der Waals surface area contributed by atoms with Crippen molar-refractivity contribution >= 4 is 5.78 Å². The van der Waals surface area contributed by atoms with Crippen LogP contribution in [0.25, 0.3) is 0 Å². The summed E-state index contributed by atoms with van der Waals surface area (Å²) in [4.78, 5) is 11.5. The number of nitrogens with zero attached hydrogens (tertiary/aromatic N) is 2. The fraction of sp³-hybridized carbons (Fsp3) is 0.556. The van der Waals surface area contributed by atoms with Gasteiger partial charge in [0, 0.05) is 26.2 Å². The Morgan fingerprint density at radius 3 is 3.00 bits per heavy atom. The van der Waals surface area contributed by atoms with Gasteiger partial charge in [0.25, 0.3) is 0 Å². The van der Waals surface area contributed by atoms with Crippen molar-refractivity contribution < 1.29 is 4.79 Å². The molecule has 0 aliphatic heterocycles. The van der Waals surface area contributed by atoms with Crippen molar-refractivity contribution in [2.45, 2.75) is 13.3 Å². The van der Waals surface area contributed by atoms with Crippen molar-refractivity contribution in [2.24, 2.45) is 7.05 Å². The van der Waals surface area contributed by atoms with Gasteiger partial charge >= 0.3 is 0 Å². The molecular weight excluding hydrogens is 166 g/mol. The van der Waals surface area contributed by atoms with Crippen molar-refractivity contribution in [3.05, 3.63) is 18.0 Å². The second-order valence-corrected chi connectivity index (χ2v) is 2.87. The van der Waals surface area contributed by atoms with Crippen LogP contribution >= 0.6 is 0 Å². The molecule has 0 aromatic carbocycles. The molecule has 4 nitrogen and oxygen atoms in total. The molecule has 0 aliphatic carbocycles. The number of carbonyl (C=O) groups excluding carboxylic acids is 1. The minimum absolute atomic E-state index is 0.140. The first-order chi connectivity index (χ1) is 6.25. The lowest BCUT2D eigenvalue weighted by molar-refractivity contribution is 0.0973. The maximum Gasteiger partial charge on any atom is 0.182 e. The van der Waals surface area contributed by atoms with Crippen LogP contribution in [0.15, 0.2) is 12.3 Å². The number of ketones is 1. The Hall–Kier alpha value is -1.16. The summed E-state index contributed by atoms with van der Waals surface area (Å²) in [6.07, 6.45) is 2.17. The highest BCUT2D eigenvalue weighted by Gasteiger charge is 2.08. The van der Waals surface area contributed by atoms with Crippen LogP contribution in [-0.2, 0) is 7.05 Å². The van der Waals surface area contributed by atoms with Gasteiger partial charge in [-0.3, -0.25) is 9.48 Å². The third-order valence-electron chi connectivity index (χ3n) is 1.89. The van der Waals surface area contributed by atoms with Crippen molar-refractivity contribution in [1.29, 1.82) is 0 Å². The monoisotopic (exact) mass is 181 g/mol. The molecule has 0 bridgehead atoms. The zero-order valence-electron chi connectivity index (χ0n) is 8.08. The molecule has 0 spiro atoms. The van der Waals surface area contributed by atoms with E-state index in [0.29, 0.717) is 12.1 Å². The Balaban J connectivity index is 2.45. The number of Topliss-reactive ketones (excluding diaryl/α,β-unsaturated/α-hetero) is 1. The Labute approximate surface area is 77.9 Å². The van der Waals surface area contributed by atoms with Crippen LogP contribution in [0, 0.1) is 0 Å². The number of carbonyl (C=O) groups is 1. The van der Waals surface area contributed by atoms with Gasteiger partial charge < -0.3 is 5.32 Å². The average Bonchev–Trinajstić information content (AvgIpc) is 2.52. The Kier molecular flexibility index (Phi) is 3.64. The molecular formula is C9H15N3O. The number of rotatable bonds is 5. The molecule has 1 N–H and O–H groups in total. The van der Waals surface area contributed by atoms with Gasteiger partial charge in [-0.05, 0) is 12.6 Å². The SMILES string of the molecule is CCNCCC(=O)c1ccnn1C. The lowest BCUT2D eigenvalue weighted by Gasteiger charge is -2.01. The van der Waals surface area contributed by atoms with Crippen molar-refractivity contribution in [1.82, 2.24) is 15.1 Å². The number of hydrogen-bond donors (Lipinski definition) is 1. The van der Waals surface area contributed by atoms with Gasteiger partial charge in [-0.1, -0.05) is 6.92 Å². The molecule has 1 heterocycles. The van der Waals surface area contributed by atoms with Gasteiger partial charge in [-0.15, -0.1) is 0 Å². The minimum atomic E-state index is 0.140. The van der Waals surface area contributed by atoms with E-state index in [1.165, 1.54) is 0 Å². The van der Waals surface area contributed by atoms with Gasteiger partial charge in [0.05, 0.1) is 0 Å². The van der Waals surface area contributed by atoms with E-state index in [1.54, 1.807) is 24.0 Å². The second-order valence-electron chi connectivity index (χ2n) is 2.87. The van der Waals surface area contributed by atoms with Crippen molar-refractivity contribution in [3.8, 4) is 0 Å². The van der Waals surface area contributed by atoms with E-state index in [2.05, 4.69) is 10.4 Å². The predicted octanol–water partition coefficient (Wildman–Crippen LogP) is 0.602. The van der Waals surface area contributed by atoms with Gasteiger partial charge in [-0.25, -0.2) is 0 Å². The molecule has 0 fully saturated rings. The van der Waals surface area contributed by atoms with E-state index in [-0.39, 0.29) is 5.78 Å². The third kappa shape index (κ3) is 2.66. The number of aromatic nitrogens is 2. The van der Waals surface area contributed by atoms with E-state index < -0.39 is 0 Å². The zero-order valence-corrected chi connectivity index (χ0v) is 8.08. The van der Waals surface area contributed by atoms with Gasteiger partial charge in [-0.2, -0.15) is 5.10 Å². The topological polar surface area (TPSA) is 46.9 Å². The fourth-order valence-corrected chi connectivity index (χ4v) is 1.15. The highest BCUT2D eigenvalue weighted by Crippen LogP contribution is 2.00. The standard InChI is InChI=1S/C9H15N3O/c1-3-10-6-5-9(13)8-4-7-11-12(8)2/h4,7,10H,3,5-6H2,1-2H3. The first kappa shape index (κ1) is 9.92. The van der Waals surface area contributed by atoms with Crippen LogP contribution in [-0.4, -0.2) is 28.7 Å². The molecule has 13 heavy (non-hydrogen) atoms. The summed E-state index contributed by atoms with van der Waals surface area (Å²) in [6, 6.07) is 1.74. The van der Waals surface area contributed by atoms with E-state index in [9.17, 15) is 4.79 Å². The maximum atomic E-state index is 11.5. The summed E-state index contributed by atoms with van der Waals surface area (Å²) in [5, 5.41) is 7.05. The van der Waals surface area contributed by atoms with E-state index in [1.807, 2.05) is 6.92 Å². The average molecular weight is 181 g/mol. The van der Waals surface area contributed by atoms with Gasteiger partial charge in [0.2, 0.25) is 0 Å². The molecule has 1 aromatic rings. The molecule has 0 aliphatic rings. The van der Waals surface area contributed by atoms with Crippen LogP contribution in [0.1, 0.15) is 23.8 Å². The first-order valence-corrected chi connectivity index (χ1v) is 4.47. The molecule has 4 heteroatoms. The van der Waals surface area contributed by atoms with Gasteiger partial charge in [0.1, 0.15) is 5.69 Å². The quantitative estimate of drug-likeness (QED) is 0.534. The second kappa shape index (κ2) is 4.77. The van der Waals surface area contributed by atoms with Gasteiger partial charge in [0.15, 0.2) is 5.78 Å². The first-order valence-electron chi connectivity index (χ1n) is 4.47. The molecule has 0 radical (unpaired) electrons. The molecule has 1 aromatic heterocycles. The molecule has 0 saturated carbocycles. The smallest absolute Gasteiger partial charge is 0.182 e. The fourth-order valence-electron chi connectivity index (χ4n) is 1.15. The normalized spacial score (nSPS) is 10.3. The van der Waals surface area contributed by atoms with Crippen LogP contribution < -0.4 is 5.32 Å². The highest BCUT2D eigenvalue weighted by molar-refractivity contribution is 5.94. The van der Waals surface area contributed by atoms with Crippen LogP contribution in [0.2, 0.25) is 0 Å². The Bertz CT molecular complexity index is 280. The van der Waals surface area contributed by atoms with E-state index in [4.69, 9.17) is 0 Å².